The summed E-state index contributed by atoms with van der Waals surface area (Å²) in [6.45, 7) is 0. The summed E-state index contributed by atoms with van der Waals surface area (Å²) in [6.07, 6.45) is 0. The Kier molecular flexibility index (Phi) is 5.34. The molecule has 4 rings (SSSR count). The lowest BCUT2D eigenvalue weighted by Gasteiger charge is -2.13. The van der Waals surface area contributed by atoms with E-state index >= 15 is 0 Å². The maximum atomic E-state index is 13.4. The minimum Gasteiger partial charge on any atom is -0.497 e. The minimum absolute atomic E-state index is 0.319. The molecule has 3 aromatic carbocycles. The summed E-state index contributed by atoms with van der Waals surface area (Å²) in [5.41, 5.74) is 2.90. The van der Waals surface area contributed by atoms with Gasteiger partial charge in [-0.3, -0.25) is 0 Å². The van der Waals surface area contributed by atoms with E-state index in [1.165, 1.54) is 12.1 Å². The number of anilines is 1. The monoisotopic (exact) mass is 405 g/mol. The molecule has 1 heterocycles. The molecule has 0 spiro atoms. The van der Waals surface area contributed by atoms with Gasteiger partial charge in [-0.15, -0.1) is 0 Å². The fourth-order valence-corrected chi connectivity index (χ4v) is 3.09. The smallest absolute Gasteiger partial charge is 0.162 e. The molecular formula is C23H20FN3O3. The first-order chi connectivity index (χ1) is 14.6. The lowest BCUT2D eigenvalue weighted by Crippen LogP contribution is -2.15. The van der Waals surface area contributed by atoms with Gasteiger partial charge in [-0.1, -0.05) is 0 Å². The summed E-state index contributed by atoms with van der Waals surface area (Å²) in [4.78, 5) is 9.44. The highest BCUT2D eigenvalue weighted by molar-refractivity contribution is 6.19. The Labute approximate surface area is 173 Å². The first kappa shape index (κ1) is 19.4. The molecule has 0 radical (unpaired) electrons. The Balaban J connectivity index is 1.87. The fourth-order valence-electron chi connectivity index (χ4n) is 3.09. The number of ether oxygens (including phenoxy) is 3. The van der Waals surface area contributed by atoms with Crippen molar-refractivity contribution < 1.29 is 18.6 Å². The zero-order valence-corrected chi connectivity index (χ0v) is 16.8. The molecule has 0 fully saturated rings. The number of hydrogen-bond acceptors (Lipinski definition) is 6. The van der Waals surface area contributed by atoms with Gasteiger partial charge >= 0.3 is 0 Å². The van der Waals surface area contributed by atoms with Gasteiger partial charge < -0.3 is 19.5 Å². The van der Waals surface area contributed by atoms with Crippen molar-refractivity contribution >= 4 is 23.0 Å². The van der Waals surface area contributed by atoms with Gasteiger partial charge in [0.15, 0.2) is 17.3 Å². The molecule has 0 bridgehead atoms. The molecule has 0 amide bonds. The molecule has 0 saturated carbocycles. The lowest BCUT2D eigenvalue weighted by atomic mass is 10.1. The second kappa shape index (κ2) is 8.24. The van der Waals surface area contributed by atoms with Gasteiger partial charge in [0.1, 0.15) is 17.4 Å². The standard InChI is InChI=1S/C23H20FN3O3/c1-28-17-9-10-18-19(13-17)26-23(15-6-11-20(29-2)21(12-15)30-3)27-22(25-18)14-4-7-16(24)8-5-14/h4-13H,1-3H3,(H,25,26,27). The van der Waals surface area contributed by atoms with Crippen LogP contribution in [-0.4, -0.2) is 33.0 Å². The molecule has 7 heteroatoms. The average molecular weight is 405 g/mol. The van der Waals surface area contributed by atoms with Crippen molar-refractivity contribution in [2.45, 2.75) is 0 Å². The predicted molar refractivity (Wildman–Crippen MR) is 115 cm³/mol. The van der Waals surface area contributed by atoms with E-state index < -0.39 is 0 Å². The van der Waals surface area contributed by atoms with Gasteiger partial charge in [0.05, 0.1) is 32.7 Å². The number of methoxy groups -OCH3 is 3. The molecule has 0 aromatic heterocycles. The van der Waals surface area contributed by atoms with Crippen molar-refractivity contribution in [3.63, 3.8) is 0 Å². The van der Waals surface area contributed by atoms with Crippen LogP contribution in [0.3, 0.4) is 0 Å². The van der Waals surface area contributed by atoms with Gasteiger partial charge in [0, 0.05) is 17.2 Å². The maximum absolute atomic E-state index is 13.4. The van der Waals surface area contributed by atoms with E-state index in [1.54, 1.807) is 33.5 Å². The van der Waals surface area contributed by atoms with Crippen LogP contribution in [-0.2, 0) is 0 Å². The Morgan fingerprint density at radius 3 is 2.17 bits per heavy atom. The molecule has 1 N–H and O–H groups in total. The largest absolute Gasteiger partial charge is 0.497 e. The van der Waals surface area contributed by atoms with Crippen molar-refractivity contribution in [1.29, 1.82) is 0 Å². The van der Waals surface area contributed by atoms with E-state index in [2.05, 4.69) is 5.32 Å². The quantitative estimate of drug-likeness (QED) is 0.662. The summed E-state index contributed by atoms with van der Waals surface area (Å²) < 4.78 is 29.5. The Morgan fingerprint density at radius 2 is 1.47 bits per heavy atom. The molecule has 1 aliphatic heterocycles. The van der Waals surface area contributed by atoms with Crippen molar-refractivity contribution in [3.8, 4) is 17.2 Å². The predicted octanol–water partition coefficient (Wildman–Crippen LogP) is 4.80. The molecule has 30 heavy (non-hydrogen) atoms. The molecular weight excluding hydrogens is 385 g/mol. The normalized spacial score (nSPS) is 12.7. The third-order valence-electron chi connectivity index (χ3n) is 4.66. The van der Waals surface area contributed by atoms with Gasteiger partial charge in [-0.25, -0.2) is 14.4 Å². The van der Waals surface area contributed by atoms with Crippen LogP contribution in [0.5, 0.6) is 17.2 Å². The van der Waals surface area contributed by atoms with Crippen molar-refractivity contribution in [3.05, 3.63) is 77.6 Å². The number of hydrogen-bond donors (Lipinski definition) is 1. The molecule has 6 nitrogen and oxygen atoms in total. The number of rotatable bonds is 5. The van der Waals surface area contributed by atoms with Crippen LogP contribution in [0.1, 0.15) is 11.1 Å². The number of fused-ring (bicyclic) bond motifs is 1. The average Bonchev–Trinajstić information content (AvgIpc) is 2.98. The number of halogens is 1. The summed E-state index contributed by atoms with van der Waals surface area (Å²) in [7, 11) is 4.77. The first-order valence-electron chi connectivity index (χ1n) is 9.22. The van der Waals surface area contributed by atoms with Crippen LogP contribution in [0.4, 0.5) is 15.8 Å². The maximum Gasteiger partial charge on any atom is 0.162 e. The van der Waals surface area contributed by atoms with Gasteiger partial charge in [-0.05, 0) is 54.6 Å². The van der Waals surface area contributed by atoms with Crippen molar-refractivity contribution in [1.82, 2.24) is 0 Å². The number of nitrogens with one attached hydrogen (secondary N) is 1. The second-order valence-electron chi connectivity index (χ2n) is 6.48. The highest BCUT2D eigenvalue weighted by Crippen LogP contribution is 2.34. The van der Waals surface area contributed by atoms with Gasteiger partial charge in [0.2, 0.25) is 0 Å². The van der Waals surface area contributed by atoms with E-state index in [1.807, 2.05) is 36.4 Å². The zero-order valence-electron chi connectivity index (χ0n) is 16.8. The minimum atomic E-state index is -0.319. The van der Waals surface area contributed by atoms with Gasteiger partial charge in [0.25, 0.3) is 0 Å². The molecule has 3 aromatic rings. The van der Waals surface area contributed by atoms with E-state index in [-0.39, 0.29) is 5.82 Å². The Bertz CT molecular complexity index is 1140. The summed E-state index contributed by atoms with van der Waals surface area (Å²) in [5, 5.41) is 3.34. The zero-order chi connectivity index (χ0) is 21.1. The lowest BCUT2D eigenvalue weighted by molar-refractivity contribution is 0.355. The highest BCUT2D eigenvalue weighted by atomic mass is 19.1. The van der Waals surface area contributed by atoms with Gasteiger partial charge in [-0.2, -0.15) is 0 Å². The van der Waals surface area contributed by atoms with Crippen molar-refractivity contribution in [2.75, 3.05) is 26.6 Å². The first-order valence-corrected chi connectivity index (χ1v) is 9.22. The second-order valence-corrected chi connectivity index (χ2v) is 6.48. The number of amidine groups is 2. The van der Waals surface area contributed by atoms with E-state index in [9.17, 15) is 4.39 Å². The fraction of sp³-hybridized carbons (Fsp3) is 0.130. The van der Waals surface area contributed by atoms with Crippen molar-refractivity contribution in [2.24, 2.45) is 9.98 Å². The van der Waals surface area contributed by atoms with E-state index in [0.29, 0.717) is 40.2 Å². The third-order valence-corrected chi connectivity index (χ3v) is 4.66. The SMILES string of the molecule is COc1ccc2c(c1)NC(c1ccc(OC)c(OC)c1)=NC(c1ccc(F)cc1)=N2. The summed E-state index contributed by atoms with van der Waals surface area (Å²) >= 11 is 0. The highest BCUT2D eigenvalue weighted by Gasteiger charge is 2.17. The van der Waals surface area contributed by atoms with Crippen LogP contribution in [0.2, 0.25) is 0 Å². The molecule has 1 aliphatic rings. The number of aliphatic imine (C=N–C) groups is 2. The number of benzene rings is 3. The molecule has 0 atom stereocenters. The Hall–Kier alpha value is -3.87. The van der Waals surface area contributed by atoms with Crippen LogP contribution in [0, 0.1) is 5.82 Å². The third kappa shape index (κ3) is 3.82. The Morgan fingerprint density at radius 1 is 0.733 bits per heavy atom. The van der Waals surface area contributed by atoms with Crippen LogP contribution in [0.15, 0.2) is 70.6 Å². The van der Waals surface area contributed by atoms with E-state index in [4.69, 9.17) is 24.2 Å². The topological polar surface area (TPSA) is 64.4 Å². The molecule has 152 valence electrons. The molecule has 0 unspecified atom stereocenters. The molecule has 0 saturated heterocycles. The van der Waals surface area contributed by atoms with Crippen LogP contribution in [0.25, 0.3) is 0 Å². The number of nitrogens with zero attached hydrogens (tertiary/aromatic N) is 2. The van der Waals surface area contributed by atoms with E-state index in [0.717, 1.165) is 11.3 Å². The summed E-state index contributed by atoms with van der Waals surface area (Å²) in [5.74, 6) is 2.58. The summed E-state index contributed by atoms with van der Waals surface area (Å²) in [6, 6.07) is 17.1. The molecule has 0 aliphatic carbocycles. The van der Waals surface area contributed by atoms with Crippen LogP contribution < -0.4 is 19.5 Å². The van der Waals surface area contributed by atoms with Crippen LogP contribution >= 0.6 is 0 Å².